The Hall–Kier alpha value is -3.27. The fourth-order valence-corrected chi connectivity index (χ4v) is 4.15. The summed E-state index contributed by atoms with van der Waals surface area (Å²) in [4.78, 5) is 22.8. The minimum Gasteiger partial charge on any atom is -0.369 e. The lowest BCUT2D eigenvalue weighted by molar-refractivity contribution is -0.127. The Morgan fingerprint density at radius 2 is 2.00 bits per heavy atom. The van der Waals surface area contributed by atoms with Crippen molar-refractivity contribution in [2.45, 2.75) is 24.2 Å². The highest BCUT2D eigenvalue weighted by Gasteiger charge is 2.19. The van der Waals surface area contributed by atoms with E-state index in [0.29, 0.717) is 36.0 Å². The first kappa shape index (κ1) is 21.0. The number of carbonyl (C=O) groups excluding carboxylic acids is 1. The van der Waals surface area contributed by atoms with E-state index >= 15 is 0 Å². The monoisotopic (exact) mass is 440 g/mol. The molecule has 1 saturated heterocycles. The molecule has 162 valence electrons. The second kappa shape index (κ2) is 8.84. The summed E-state index contributed by atoms with van der Waals surface area (Å²) in [5.74, 6) is 1.95. The Morgan fingerprint density at radius 3 is 2.71 bits per heavy atom. The molecule has 1 aliphatic heterocycles. The van der Waals surface area contributed by atoms with Crippen LogP contribution in [-0.4, -0.2) is 65.3 Å². The molecule has 1 aliphatic rings. The summed E-state index contributed by atoms with van der Waals surface area (Å²) in [6.45, 7) is 2.27. The van der Waals surface area contributed by atoms with E-state index in [1.807, 2.05) is 17.0 Å². The largest absolute Gasteiger partial charge is 0.369 e. The number of hydrogen-bond acceptors (Lipinski definition) is 7. The molecule has 0 aliphatic carbocycles. The lowest BCUT2D eigenvalue weighted by Crippen LogP contribution is -2.27. The molecule has 0 bridgehead atoms. The summed E-state index contributed by atoms with van der Waals surface area (Å²) in [6.07, 6.45) is 5.31. The molecule has 31 heavy (non-hydrogen) atoms. The van der Waals surface area contributed by atoms with Gasteiger partial charge in [-0.2, -0.15) is 5.10 Å². The summed E-state index contributed by atoms with van der Waals surface area (Å²) in [5.41, 5.74) is 1.50. The van der Waals surface area contributed by atoms with Crippen LogP contribution in [0.15, 0.2) is 47.5 Å². The topological polar surface area (TPSA) is 121 Å². The molecule has 10 heteroatoms. The summed E-state index contributed by atoms with van der Waals surface area (Å²) < 4.78 is 23.3. The van der Waals surface area contributed by atoms with E-state index in [4.69, 9.17) is 0 Å². The van der Waals surface area contributed by atoms with Gasteiger partial charge in [0.1, 0.15) is 5.82 Å². The van der Waals surface area contributed by atoms with Crippen molar-refractivity contribution in [3.05, 3.63) is 42.6 Å². The number of benzene rings is 1. The normalized spacial score (nSPS) is 14.2. The van der Waals surface area contributed by atoms with Gasteiger partial charge < -0.3 is 10.2 Å². The van der Waals surface area contributed by atoms with Crippen molar-refractivity contribution < 1.29 is 13.2 Å². The highest BCUT2D eigenvalue weighted by atomic mass is 32.2. The molecule has 1 amide bonds. The SMILES string of the molecule is CS(=O)(=O)c1ccc(-c2n[nH]c(-c3cccnc3NCCCN3CCCC3=O)n2)cc1. The molecule has 0 unspecified atom stereocenters. The number of carbonyl (C=O) groups is 1. The number of H-pyrrole nitrogens is 1. The molecule has 0 spiro atoms. The molecule has 9 nitrogen and oxygen atoms in total. The third-order valence-electron chi connectivity index (χ3n) is 5.16. The maximum absolute atomic E-state index is 11.7. The molecular weight excluding hydrogens is 416 g/mol. The number of amides is 1. The molecule has 3 aromatic rings. The molecule has 0 atom stereocenters. The number of sulfone groups is 1. The number of pyridine rings is 1. The molecule has 2 aromatic heterocycles. The van der Waals surface area contributed by atoms with Crippen LogP contribution in [0.4, 0.5) is 5.82 Å². The first-order valence-corrected chi connectivity index (χ1v) is 12.0. The van der Waals surface area contributed by atoms with Gasteiger partial charge in [-0.15, -0.1) is 0 Å². The molecule has 3 heterocycles. The predicted molar refractivity (Wildman–Crippen MR) is 117 cm³/mol. The van der Waals surface area contributed by atoms with Crippen LogP contribution in [-0.2, 0) is 14.6 Å². The van der Waals surface area contributed by atoms with Gasteiger partial charge in [0.15, 0.2) is 21.5 Å². The number of nitrogens with one attached hydrogen (secondary N) is 2. The van der Waals surface area contributed by atoms with Crippen LogP contribution in [0.2, 0.25) is 0 Å². The van der Waals surface area contributed by atoms with Gasteiger partial charge in [-0.05, 0) is 49.2 Å². The molecular formula is C21H24N6O3S. The van der Waals surface area contributed by atoms with Crippen LogP contribution in [0, 0.1) is 0 Å². The highest BCUT2D eigenvalue weighted by Crippen LogP contribution is 2.25. The van der Waals surface area contributed by atoms with Crippen molar-refractivity contribution in [1.82, 2.24) is 25.1 Å². The van der Waals surface area contributed by atoms with Crippen LogP contribution < -0.4 is 5.32 Å². The number of nitrogens with zero attached hydrogens (tertiary/aromatic N) is 4. The van der Waals surface area contributed by atoms with E-state index in [9.17, 15) is 13.2 Å². The van der Waals surface area contributed by atoms with Crippen molar-refractivity contribution in [2.24, 2.45) is 0 Å². The van der Waals surface area contributed by atoms with E-state index in [-0.39, 0.29) is 10.8 Å². The average Bonchev–Trinajstić information content (AvgIpc) is 3.40. The second-order valence-corrected chi connectivity index (χ2v) is 9.48. The number of rotatable bonds is 8. The van der Waals surface area contributed by atoms with E-state index in [2.05, 4.69) is 25.5 Å². The molecule has 1 aromatic carbocycles. The highest BCUT2D eigenvalue weighted by molar-refractivity contribution is 7.90. The van der Waals surface area contributed by atoms with Gasteiger partial charge in [0.25, 0.3) is 0 Å². The Labute approximate surface area is 180 Å². The molecule has 4 rings (SSSR count). The quantitative estimate of drug-likeness (QED) is 0.516. The van der Waals surface area contributed by atoms with Crippen LogP contribution in [0.25, 0.3) is 22.8 Å². The fraction of sp³-hybridized carbons (Fsp3) is 0.333. The van der Waals surface area contributed by atoms with Crippen molar-refractivity contribution in [1.29, 1.82) is 0 Å². The maximum Gasteiger partial charge on any atom is 0.222 e. The van der Waals surface area contributed by atoms with Crippen LogP contribution in [0.3, 0.4) is 0 Å². The van der Waals surface area contributed by atoms with Crippen molar-refractivity contribution >= 4 is 21.6 Å². The minimum atomic E-state index is -3.25. The fourth-order valence-electron chi connectivity index (χ4n) is 3.52. The van der Waals surface area contributed by atoms with Crippen LogP contribution in [0.1, 0.15) is 19.3 Å². The van der Waals surface area contributed by atoms with Crippen molar-refractivity contribution in [2.75, 3.05) is 31.2 Å². The van der Waals surface area contributed by atoms with Gasteiger partial charge in [0.05, 0.1) is 10.5 Å². The van der Waals surface area contributed by atoms with E-state index in [0.717, 1.165) is 31.5 Å². The molecule has 1 fully saturated rings. The number of hydrogen-bond donors (Lipinski definition) is 2. The van der Waals surface area contributed by atoms with Gasteiger partial charge in [-0.25, -0.2) is 18.4 Å². The van der Waals surface area contributed by atoms with Crippen molar-refractivity contribution in [3.63, 3.8) is 0 Å². The van der Waals surface area contributed by atoms with Gasteiger partial charge in [0.2, 0.25) is 5.91 Å². The Balaban J connectivity index is 1.44. The van der Waals surface area contributed by atoms with Gasteiger partial charge in [-0.3, -0.25) is 9.89 Å². The molecule has 0 radical (unpaired) electrons. The summed E-state index contributed by atoms with van der Waals surface area (Å²) in [6, 6.07) is 10.2. The average molecular weight is 441 g/mol. The Morgan fingerprint density at radius 1 is 1.19 bits per heavy atom. The molecule has 0 saturated carbocycles. The third-order valence-corrected chi connectivity index (χ3v) is 6.29. The van der Waals surface area contributed by atoms with Crippen molar-refractivity contribution in [3.8, 4) is 22.8 Å². The first-order valence-electron chi connectivity index (χ1n) is 10.1. The zero-order valence-electron chi connectivity index (χ0n) is 17.2. The van der Waals surface area contributed by atoms with Gasteiger partial charge in [-0.1, -0.05) is 0 Å². The summed E-state index contributed by atoms with van der Waals surface area (Å²) >= 11 is 0. The number of aromatic nitrogens is 4. The summed E-state index contributed by atoms with van der Waals surface area (Å²) in [7, 11) is -3.25. The first-order chi connectivity index (χ1) is 14.9. The zero-order valence-corrected chi connectivity index (χ0v) is 18.0. The Bertz CT molecular complexity index is 1170. The second-order valence-electron chi connectivity index (χ2n) is 7.47. The minimum absolute atomic E-state index is 0.234. The number of aromatic amines is 1. The predicted octanol–water partition coefficient (Wildman–Crippen LogP) is 2.36. The third kappa shape index (κ3) is 4.91. The number of likely N-dealkylation sites (tertiary alicyclic amines) is 1. The summed E-state index contributed by atoms with van der Waals surface area (Å²) in [5, 5.41) is 10.5. The lowest BCUT2D eigenvalue weighted by atomic mass is 10.2. The smallest absolute Gasteiger partial charge is 0.222 e. The zero-order chi connectivity index (χ0) is 21.8. The van der Waals surface area contributed by atoms with E-state index in [1.54, 1.807) is 30.5 Å². The van der Waals surface area contributed by atoms with Gasteiger partial charge >= 0.3 is 0 Å². The van der Waals surface area contributed by atoms with Gasteiger partial charge in [0, 0.05) is 44.1 Å². The van der Waals surface area contributed by atoms with Crippen LogP contribution >= 0.6 is 0 Å². The Kier molecular flexibility index (Phi) is 5.99. The maximum atomic E-state index is 11.7. The molecule has 2 N–H and O–H groups in total. The standard InChI is InChI=1S/C21H24N6O3S/c1-31(29,30)16-9-7-15(8-10-16)19-24-21(26-25-19)17-5-2-11-22-20(17)23-12-4-14-27-13-3-6-18(27)28/h2,5,7-11H,3-4,6,12-14H2,1H3,(H,22,23)(H,24,25,26). The van der Waals surface area contributed by atoms with E-state index in [1.165, 1.54) is 6.26 Å². The lowest BCUT2D eigenvalue weighted by Gasteiger charge is -2.15. The van der Waals surface area contributed by atoms with Crippen LogP contribution in [0.5, 0.6) is 0 Å². The van der Waals surface area contributed by atoms with E-state index < -0.39 is 9.84 Å². The number of anilines is 1.